The van der Waals surface area contributed by atoms with E-state index in [1.54, 1.807) is 0 Å². The van der Waals surface area contributed by atoms with Crippen molar-refractivity contribution in [3.8, 4) is 0 Å². The molecule has 6 heteroatoms. The van der Waals surface area contributed by atoms with Crippen LogP contribution in [0.2, 0.25) is 0 Å². The quantitative estimate of drug-likeness (QED) is 0.392. The first-order chi connectivity index (χ1) is 6.08. The Morgan fingerprint density at radius 2 is 1.71 bits per heavy atom. The maximum Gasteiger partial charge on any atom is 1.00 e. The van der Waals surface area contributed by atoms with Gasteiger partial charge < -0.3 is 9.45 Å². The molecule has 1 aliphatic heterocycles. The van der Waals surface area contributed by atoms with E-state index >= 15 is 0 Å². The monoisotopic (exact) mass is 229 g/mol. The number of rotatable bonds is 4. The molecule has 0 amide bonds. The Morgan fingerprint density at radius 3 is 2.21 bits per heavy atom. The van der Waals surface area contributed by atoms with Crippen molar-refractivity contribution >= 4 is 10.1 Å². The van der Waals surface area contributed by atoms with Gasteiger partial charge in [-0.2, -0.15) is 0 Å². The van der Waals surface area contributed by atoms with Gasteiger partial charge >= 0.3 is 29.6 Å². The first-order valence-corrected chi connectivity index (χ1v) is 6.31. The molecule has 0 radical (unpaired) electrons. The summed E-state index contributed by atoms with van der Waals surface area (Å²) in [6.45, 7) is 2.86. The summed E-state index contributed by atoms with van der Waals surface area (Å²) in [5, 5.41) is 0. The SMILES string of the molecule is O=S(=O)([O-])CCCN1CCCCC1.[Na+]. The summed E-state index contributed by atoms with van der Waals surface area (Å²) in [5.74, 6) is -0.219. The fourth-order valence-corrected chi connectivity index (χ4v) is 2.13. The summed E-state index contributed by atoms with van der Waals surface area (Å²) in [6.07, 6.45) is 4.15. The second-order valence-electron chi connectivity index (χ2n) is 3.52. The average molecular weight is 229 g/mol. The van der Waals surface area contributed by atoms with Crippen LogP contribution in [0.15, 0.2) is 0 Å². The predicted molar refractivity (Wildman–Crippen MR) is 49.5 cm³/mol. The summed E-state index contributed by atoms with van der Waals surface area (Å²) < 4.78 is 30.9. The van der Waals surface area contributed by atoms with Gasteiger partial charge in [0.05, 0.1) is 10.1 Å². The Hall–Kier alpha value is 0.870. The molecule has 0 unspecified atom stereocenters. The van der Waals surface area contributed by atoms with Crippen molar-refractivity contribution in [2.24, 2.45) is 0 Å². The Labute approximate surface area is 108 Å². The molecule has 0 aromatic carbocycles. The van der Waals surface area contributed by atoms with Crippen molar-refractivity contribution in [1.29, 1.82) is 0 Å². The van der Waals surface area contributed by atoms with Gasteiger partial charge in [-0.15, -0.1) is 0 Å². The summed E-state index contributed by atoms with van der Waals surface area (Å²) in [6, 6.07) is 0. The molecule has 14 heavy (non-hydrogen) atoms. The minimum atomic E-state index is -4.00. The zero-order valence-corrected chi connectivity index (χ0v) is 11.6. The van der Waals surface area contributed by atoms with Crippen LogP contribution in [0.4, 0.5) is 0 Å². The van der Waals surface area contributed by atoms with Crippen LogP contribution in [0.3, 0.4) is 0 Å². The second-order valence-corrected chi connectivity index (χ2v) is 5.04. The first kappa shape index (κ1) is 14.9. The third-order valence-corrected chi connectivity index (χ3v) is 3.11. The molecular weight excluding hydrogens is 213 g/mol. The molecule has 1 fully saturated rings. The zero-order valence-electron chi connectivity index (χ0n) is 8.74. The minimum Gasteiger partial charge on any atom is -0.748 e. The molecule has 0 spiro atoms. The van der Waals surface area contributed by atoms with E-state index in [1.165, 1.54) is 19.3 Å². The standard InChI is InChI=1S/C8H17NO3S.Na/c10-13(11,12)8-4-7-9-5-2-1-3-6-9;/h1-8H2,(H,10,11,12);/q;+1/p-1. The second kappa shape index (κ2) is 7.19. The number of hydrogen-bond acceptors (Lipinski definition) is 4. The van der Waals surface area contributed by atoms with Crippen LogP contribution in [0.1, 0.15) is 25.7 Å². The van der Waals surface area contributed by atoms with E-state index in [0.29, 0.717) is 6.42 Å². The largest absolute Gasteiger partial charge is 1.00 e. The number of nitrogens with zero attached hydrogens (tertiary/aromatic N) is 1. The third kappa shape index (κ3) is 7.20. The Balaban J connectivity index is 0.00000169. The van der Waals surface area contributed by atoms with E-state index < -0.39 is 10.1 Å². The predicted octanol–water partition coefficient (Wildman–Crippen LogP) is -2.59. The van der Waals surface area contributed by atoms with Crippen LogP contribution in [0.5, 0.6) is 0 Å². The van der Waals surface area contributed by atoms with E-state index in [2.05, 4.69) is 4.90 Å². The first-order valence-electron chi connectivity index (χ1n) is 4.74. The van der Waals surface area contributed by atoms with E-state index in [9.17, 15) is 13.0 Å². The van der Waals surface area contributed by atoms with Gasteiger partial charge in [0.1, 0.15) is 0 Å². The summed E-state index contributed by atoms with van der Waals surface area (Å²) >= 11 is 0. The molecule has 1 heterocycles. The van der Waals surface area contributed by atoms with Crippen LogP contribution >= 0.6 is 0 Å². The smallest absolute Gasteiger partial charge is 0.748 e. The van der Waals surface area contributed by atoms with E-state index in [0.717, 1.165) is 19.6 Å². The van der Waals surface area contributed by atoms with Crippen LogP contribution in [0.25, 0.3) is 0 Å². The molecule has 1 aliphatic rings. The van der Waals surface area contributed by atoms with Gasteiger partial charge in [0.25, 0.3) is 0 Å². The molecule has 4 nitrogen and oxygen atoms in total. The summed E-state index contributed by atoms with van der Waals surface area (Å²) in [5.41, 5.74) is 0. The molecule has 78 valence electrons. The fraction of sp³-hybridized carbons (Fsp3) is 1.00. The molecular formula is C8H16NNaO3S. The molecule has 0 N–H and O–H groups in total. The van der Waals surface area contributed by atoms with Crippen LogP contribution in [-0.2, 0) is 10.1 Å². The molecule has 0 atom stereocenters. The molecule has 0 aromatic heterocycles. The van der Waals surface area contributed by atoms with Crippen molar-refractivity contribution in [2.45, 2.75) is 25.7 Å². The van der Waals surface area contributed by atoms with Gasteiger partial charge in [0.15, 0.2) is 0 Å². The minimum absolute atomic E-state index is 0. The summed E-state index contributed by atoms with van der Waals surface area (Å²) in [7, 11) is -4.00. The molecule has 0 aliphatic carbocycles. The average Bonchev–Trinajstić information content (AvgIpc) is 2.04. The zero-order chi connectivity index (χ0) is 9.73. The van der Waals surface area contributed by atoms with Crippen molar-refractivity contribution < 1.29 is 42.5 Å². The Bertz CT molecular complexity index is 237. The van der Waals surface area contributed by atoms with E-state index in [-0.39, 0.29) is 35.3 Å². The van der Waals surface area contributed by atoms with Crippen molar-refractivity contribution in [2.75, 3.05) is 25.4 Å². The number of piperidine rings is 1. The van der Waals surface area contributed by atoms with Gasteiger partial charge in [-0.1, -0.05) is 6.42 Å². The van der Waals surface area contributed by atoms with Gasteiger partial charge in [-0.3, -0.25) is 0 Å². The molecule has 0 bridgehead atoms. The van der Waals surface area contributed by atoms with Crippen LogP contribution < -0.4 is 29.6 Å². The number of likely N-dealkylation sites (tertiary alicyclic amines) is 1. The molecule has 0 saturated carbocycles. The van der Waals surface area contributed by atoms with Crippen LogP contribution in [0, 0.1) is 0 Å². The molecule has 0 aromatic rings. The van der Waals surface area contributed by atoms with Crippen molar-refractivity contribution in [1.82, 2.24) is 4.90 Å². The van der Waals surface area contributed by atoms with E-state index in [4.69, 9.17) is 0 Å². The fourth-order valence-electron chi connectivity index (χ4n) is 1.65. The molecule has 1 rings (SSSR count). The maximum atomic E-state index is 10.3. The van der Waals surface area contributed by atoms with Gasteiger partial charge in [-0.25, -0.2) is 8.42 Å². The van der Waals surface area contributed by atoms with Gasteiger partial charge in [0.2, 0.25) is 0 Å². The Kier molecular flexibility index (Phi) is 7.64. The maximum absolute atomic E-state index is 10.3. The van der Waals surface area contributed by atoms with Crippen LogP contribution in [-0.4, -0.2) is 43.3 Å². The van der Waals surface area contributed by atoms with E-state index in [1.807, 2.05) is 0 Å². The van der Waals surface area contributed by atoms with Crippen molar-refractivity contribution in [3.05, 3.63) is 0 Å². The van der Waals surface area contributed by atoms with Gasteiger partial charge in [0, 0.05) is 5.75 Å². The number of hydrogen-bond donors (Lipinski definition) is 0. The molecule has 1 saturated heterocycles. The summed E-state index contributed by atoms with van der Waals surface area (Å²) in [4.78, 5) is 2.23. The Morgan fingerprint density at radius 1 is 1.14 bits per heavy atom. The van der Waals surface area contributed by atoms with Gasteiger partial charge in [-0.05, 0) is 38.9 Å². The topological polar surface area (TPSA) is 60.4 Å². The third-order valence-electron chi connectivity index (χ3n) is 2.32. The van der Waals surface area contributed by atoms with Crippen molar-refractivity contribution in [3.63, 3.8) is 0 Å². The normalized spacial score (nSPS) is 18.9.